The number of rotatable bonds is 11. The molecule has 1 rings (SSSR count). The topological polar surface area (TPSA) is 0 Å². The standard InChI is InChI=1S/C12H28N.C11H24Si/c1-5-9-13(10-6-2,11-7-3)12-8-4;1-4-11-9-7-8-10-12(11,5-2)6-3/h5-12H2,1-4H3;11H,4-10H2,1-3H3/q+1;. The first-order valence-corrected chi connectivity index (χ1v) is 14.6. The molecule has 1 aliphatic heterocycles. The van der Waals surface area contributed by atoms with Crippen molar-refractivity contribution in [3.8, 4) is 0 Å². The molecule has 1 nitrogen and oxygen atoms in total. The smallest absolute Gasteiger partial charge is 0.0783 e. The molecule has 2 heteroatoms. The second kappa shape index (κ2) is 14.3. The van der Waals surface area contributed by atoms with Crippen molar-refractivity contribution in [2.75, 3.05) is 26.2 Å². The molecule has 0 aromatic carbocycles. The fraction of sp³-hybridized carbons (Fsp3) is 1.00. The quantitative estimate of drug-likeness (QED) is 0.256. The molecule has 1 aliphatic rings. The molecule has 1 heterocycles. The van der Waals surface area contributed by atoms with Crippen LogP contribution in [-0.2, 0) is 0 Å². The van der Waals surface area contributed by atoms with E-state index < -0.39 is 8.07 Å². The molecule has 1 unspecified atom stereocenters. The Labute approximate surface area is 162 Å². The summed E-state index contributed by atoms with van der Waals surface area (Å²) in [5, 5.41) is 0. The maximum atomic E-state index is 2.45. The molecule has 0 amide bonds. The van der Waals surface area contributed by atoms with Crippen LogP contribution in [0.1, 0.15) is 99.8 Å². The van der Waals surface area contributed by atoms with Crippen LogP contribution < -0.4 is 0 Å². The normalized spacial score (nSPS) is 20.0. The molecule has 0 bridgehead atoms. The van der Waals surface area contributed by atoms with Crippen molar-refractivity contribution in [2.24, 2.45) is 0 Å². The molecule has 0 saturated carbocycles. The Morgan fingerprint density at radius 3 is 1.40 bits per heavy atom. The summed E-state index contributed by atoms with van der Waals surface area (Å²) >= 11 is 0. The third-order valence-corrected chi connectivity index (χ3v) is 13.6. The van der Waals surface area contributed by atoms with Crippen LogP contribution in [0.4, 0.5) is 0 Å². The fourth-order valence-corrected chi connectivity index (χ4v) is 11.2. The maximum absolute atomic E-state index is 2.45. The van der Waals surface area contributed by atoms with Crippen LogP contribution in [0.15, 0.2) is 0 Å². The van der Waals surface area contributed by atoms with Crippen molar-refractivity contribution in [3.63, 3.8) is 0 Å². The van der Waals surface area contributed by atoms with Crippen LogP contribution in [0.5, 0.6) is 0 Å². The van der Waals surface area contributed by atoms with Gasteiger partial charge in [0.2, 0.25) is 0 Å². The van der Waals surface area contributed by atoms with E-state index in [1.165, 1.54) is 74.7 Å². The van der Waals surface area contributed by atoms with Crippen LogP contribution in [-0.4, -0.2) is 38.7 Å². The molecule has 0 aromatic rings. The van der Waals surface area contributed by atoms with Crippen molar-refractivity contribution in [1.29, 1.82) is 0 Å². The van der Waals surface area contributed by atoms with Crippen molar-refractivity contribution in [1.82, 2.24) is 0 Å². The first kappa shape index (κ1) is 25.2. The summed E-state index contributed by atoms with van der Waals surface area (Å²) in [6.45, 7) is 22.1. The summed E-state index contributed by atoms with van der Waals surface area (Å²) in [7, 11) is -0.760. The third-order valence-electron chi connectivity index (χ3n) is 7.04. The van der Waals surface area contributed by atoms with E-state index in [2.05, 4.69) is 48.5 Å². The Balaban J connectivity index is 0.000000462. The number of hydrogen-bond donors (Lipinski definition) is 0. The molecule has 1 fully saturated rings. The average molecular weight is 371 g/mol. The van der Waals surface area contributed by atoms with E-state index in [4.69, 9.17) is 0 Å². The predicted molar refractivity (Wildman–Crippen MR) is 120 cm³/mol. The zero-order chi connectivity index (χ0) is 19.2. The summed E-state index contributed by atoms with van der Waals surface area (Å²) in [6.07, 6.45) is 11.4. The van der Waals surface area contributed by atoms with Gasteiger partial charge in [-0.3, -0.25) is 0 Å². The zero-order valence-electron chi connectivity index (χ0n) is 19.1. The Kier molecular flexibility index (Phi) is 14.4. The molecule has 152 valence electrons. The Morgan fingerprint density at radius 2 is 1.12 bits per heavy atom. The molecule has 1 saturated heterocycles. The van der Waals surface area contributed by atoms with Gasteiger partial charge in [0.15, 0.2) is 0 Å². The molecule has 0 aromatic heterocycles. The Bertz CT molecular complexity index is 269. The van der Waals surface area contributed by atoms with E-state index in [1.54, 1.807) is 31.0 Å². The summed E-state index contributed by atoms with van der Waals surface area (Å²) < 4.78 is 1.38. The van der Waals surface area contributed by atoms with Crippen LogP contribution in [0.25, 0.3) is 0 Å². The van der Waals surface area contributed by atoms with Crippen molar-refractivity contribution in [2.45, 2.75) is 124 Å². The predicted octanol–water partition coefficient (Wildman–Crippen LogP) is 7.88. The van der Waals surface area contributed by atoms with Gasteiger partial charge in [-0.1, -0.05) is 92.3 Å². The van der Waals surface area contributed by atoms with Crippen LogP contribution in [0.2, 0.25) is 23.7 Å². The van der Waals surface area contributed by atoms with E-state index in [-0.39, 0.29) is 0 Å². The monoisotopic (exact) mass is 370 g/mol. The molecular formula is C23H52NSi+. The minimum atomic E-state index is -0.760. The fourth-order valence-electron chi connectivity index (χ4n) is 5.76. The minimum Gasteiger partial charge on any atom is -0.324 e. The van der Waals surface area contributed by atoms with Crippen molar-refractivity contribution >= 4 is 8.07 Å². The Hall–Kier alpha value is 0.177. The van der Waals surface area contributed by atoms with Gasteiger partial charge < -0.3 is 4.48 Å². The molecular weight excluding hydrogens is 318 g/mol. The van der Waals surface area contributed by atoms with E-state index in [9.17, 15) is 0 Å². The summed E-state index contributed by atoms with van der Waals surface area (Å²) in [5.74, 6) is 0. The first-order chi connectivity index (χ1) is 12.0. The van der Waals surface area contributed by atoms with Gasteiger partial charge in [-0.15, -0.1) is 0 Å². The van der Waals surface area contributed by atoms with Gasteiger partial charge in [0, 0.05) is 0 Å². The number of nitrogens with zero attached hydrogens (tertiary/aromatic N) is 1. The lowest BCUT2D eigenvalue weighted by atomic mass is 10.1. The van der Waals surface area contributed by atoms with Crippen molar-refractivity contribution in [3.05, 3.63) is 0 Å². The maximum Gasteiger partial charge on any atom is 0.0783 e. The van der Waals surface area contributed by atoms with Crippen LogP contribution in [0.3, 0.4) is 0 Å². The molecule has 0 radical (unpaired) electrons. The van der Waals surface area contributed by atoms with Gasteiger partial charge in [0.25, 0.3) is 0 Å². The molecule has 0 spiro atoms. The highest BCUT2D eigenvalue weighted by atomic mass is 28.3. The SMILES string of the molecule is CCC1CCCC[Si]1(CC)CC.CCC[N+](CCC)(CCC)CCC. The summed E-state index contributed by atoms with van der Waals surface area (Å²) in [5.41, 5.74) is 1.17. The van der Waals surface area contributed by atoms with Gasteiger partial charge in [-0.25, -0.2) is 0 Å². The second-order valence-electron chi connectivity index (χ2n) is 8.66. The lowest BCUT2D eigenvalue weighted by molar-refractivity contribution is -0.928. The van der Waals surface area contributed by atoms with Gasteiger partial charge in [0.1, 0.15) is 0 Å². The zero-order valence-corrected chi connectivity index (χ0v) is 20.1. The lowest BCUT2D eigenvalue weighted by Gasteiger charge is -2.41. The average Bonchev–Trinajstić information content (AvgIpc) is 2.63. The number of quaternary nitrogens is 1. The third kappa shape index (κ3) is 8.16. The van der Waals surface area contributed by atoms with Gasteiger partial charge in [0.05, 0.1) is 34.3 Å². The van der Waals surface area contributed by atoms with Gasteiger partial charge in [-0.05, 0) is 31.2 Å². The van der Waals surface area contributed by atoms with Gasteiger partial charge >= 0.3 is 0 Å². The van der Waals surface area contributed by atoms with E-state index in [1.807, 2.05) is 0 Å². The lowest BCUT2D eigenvalue weighted by Crippen LogP contribution is -2.50. The molecule has 25 heavy (non-hydrogen) atoms. The summed E-state index contributed by atoms with van der Waals surface area (Å²) in [4.78, 5) is 0. The molecule has 0 aliphatic carbocycles. The van der Waals surface area contributed by atoms with E-state index in [0.717, 1.165) is 0 Å². The summed E-state index contributed by atoms with van der Waals surface area (Å²) in [6, 6.07) is 4.72. The molecule has 1 atom stereocenters. The minimum absolute atomic E-state index is 0.760. The molecule has 0 N–H and O–H groups in total. The van der Waals surface area contributed by atoms with Crippen LogP contribution >= 0.6 is 0 Å². The van der Waals surface area contributed by atoms with E-state index >= 15 is 0 Å². The highest BCUT2D eigenvalue weighted by Crippen LogP contribution is 2.44. The van der Waals surface area contributed by atoms with Crippen molar-refractivity contribution < 1.29 is 4.48 Å². The number of hydrogen-bond acceptors (Lipinski definition) is 0. The van der Waals surface area contributed by atoms with E-state index in [0.29, 0.717) is 0 Å². The highest BCUT2D eigenvalue weighted by Gasteiger charge is 2.38. The highest BCUT2D eigenvalue weighted by molar-refractivity contribution is 6.81. The van der Waals surface area contributed by atoms with Gasteiger partial charge in [-0.2, -0.15) is 0 Å². The largest absolute Gasteiger partial charge is 0.324 e. The Morgan fingerprint density at radius 1 is 0.680 bits per heavy atom. The second-order valence-corrected chi connectivity index (χ2v) is 14.1. The first-order valence-electron chi connectivity index (χ1n) is 11.9. The van der Waals surface area contributed by atoms with Crippen LogP contribution in [0, 0.1) is 0 Å².